The smallest absolute Gasteiger partial charge is 0.229 e. The van der Waals surface area contributed by atoms with E-state index in [0.29, 0.717) is 12.8 Å². The zero-order chi connectivity index (χ0) is 18.6. The second kappa shape index (κ2) is 7.89. The quantitative estimate of drug-likeness (QED) is 0.579. The summed E-state index contributed by atoms with van der Waals surface area (Å²) in [5.41, 5.74) is 0.660. The fraction of sp³-hybridized carbons (Fsp3) is 0.550. The third-order valence-corrected chi connectivity index (χ3v) is 5.63. The molecule has 1 aromatic carbocycles. The van der Waals surface area contributed by atoms with Crippen LogP contribution in [0.25, 0.3) is 0 Å². The zero-order valence-electron chi connectivity index (χ0n) is 15.4. The molecule has 140 valence electrons. The zero-order valence-corrected chi connectivity index (χ0v) is 15.4. The normalized spacial score (nSPS) is 25.8. The molecule has 1 amide bonds. The van der Waals surface area contributed by atoms with E-state index in [0.717, 1.165) is 55.7 Å². The first-order valence-electron chi connectivity index (χ1n) is 9.09. The lowest BCUT2D eigenvalue weighted by atomic mass is 9.71. The summed E-state index contributed by atoms with van der Waals surface area (Å²) in [4.78, 5) is 29.9. The van der Waals surface area contributed by atoms with E-state index in [1.54, 1.807) is 14.2 Å². The first kappa shape index (κ1) is 18.4. The van der Waals surface area contributed by atoms with Gasteiger partial charge in [0, 0.05) is 24.7 Å². The predicted molar refractivity (Wildman–Crippen MR) is 98.8 cm³/mol. The maximum Gasteiger partial charge on any atom is 0.229 e. The first-order chi connectivity index (χ1) is 12.6. The van der Waals surface area contributed by atoms with Crippen LogP contribution in [0.15, 0.2) is 23.2 Å². The Morgan fingerprint density at radius 2 is 2.15 bits per heavy atom. The summed E-state index contributed by atoms with van der Waals surface area (Å²) in [6, 6.07) is 5.76. The van der Waals surface area contributed by atoms with Crippen molar-refractivity contribution < 1.29 is 19.1 Å². The molecule has 0 aromatic heterocycles. The van der Waals surface area contributed by atoms with Crippen molar-refractivity contribution in [1.29, 1.82) is 0 Å². The number of amides is 1. The van der Waals surface area contributed by atoms with E-state index in [9.17, 15) is 9.59 Å². The summed E-state index contributed by atoms with van der Waals surface area (Å²) in [6.45, 7) is 1.29. The molecule has 2 aliphatic rings. The standard InChI is InChI=1S/C20H26N2O4/c1-25-17-6-5-15(18(12-17)26-2)14-22-10-8-20(19(22)24)7-3-4-16(13-20)21-9-11-23/h5-6,9,11-12,16H,3-4,7-8,10,13-14H2,1-2H3/t16-,20-/m0/s1. The summed E-state index contributed by atoms with van der Waals surface area (Å²) < 4.78 is 10.7. The van der Waals surface area contributed by atoms with Gasteiger partial charge < -0.3 is 14.4 Å². The molecule has 1 aliphatic carbocycles. The van der Waals surface area contributed by atoms with Crippen LogP contribution in [0, 0.1) is 5.41 Å². The van der Waals surface area contributed by atoms with Gasteiger partial charge >= 0.3 is 0 Å². The van der Waals surface area contributed by atoms with Gasteiger partial charge in [-0.05, 0) is 37.8 Å². The van der Waals surface area contributed by atoms with Gasteiger partial charge in [-0.1, -0.05) is 6.42 Å². The molecule has 26 heavy (non-hydrogen) atoms. The minimum absolute atomic E-state index is 0.0772. The highest BCUT2D eigenvalue weighted by Crippen LogP contribution is 2.46. The molecule has 3 rings (SSSR count). The average molecular weight is 358 g/mol. The number of methoxy groups -OCH3 is 2. The first-order valence-corrected chi connectivity index (χ1v) is 9.09. The molecular formula is C20H26N2O4. The summed E-state index contributed by atoms with van der Waals surface area (Å²) in [5, 5.41) is 0. The highest BCUT2D eigenvalue weighted by molar-refractivity contribution is 6.12. The number of aldehydes is 1. The lowest BCUT2D eigenvalue weighted by Crippen LogP contribution is -2.39. The van der Waals surface area contributed by atoms with Crippen LogP contribution in [-0.4, -0.2) is 50.1 Å². The van der Waals surface area contributed by atoms with Crippen molar-refractivity contribution in [2.45, 2.75) is 44.7 Å². The largest absolute Gasteiger partial charge is 0.497 e. The van der Waals surface area contributed by atoms with Crippen LogP contribution in [0.1, 0.15) is 37.7 Å². The third-order valence-electron chi connectivity index (χ3n) is 5.63. The summed E-state index contributed by atoms with van der Waals surface area (Å²) in [6.07, 6.45) is 6.47. The molecule has 2 fully saturated rings. The van der Waals surface area contributed by atoms with E-state index in [1.807, 2.05) is 23.1 Å². The summed E-state index contributed by atoms with van der Waals surface area (Å²) in [5.74, 6) is 1.68. The molecule has 2 atom stereocenters. The van der Waals surface area contributed by atoms with Crippen molar-refractivity contribution in [3.63, 3.8) is 0 Å². The Labute approximate surface area is 154 Å². The predicted octanol–water partition coefficient (Wildman–Crippen LogP) is 2.63. The minimum atomic E-state index is -0.317. The van der Waals surface area contributed by atoms with Crippen molar-refractivity contribution in [2.75, 3.05) is 20.8 Å². The molecule has 1 spiro atoms. The SMILES string of the molecule is COc1ccc(CN2CC[C@]3(CCC[C@H](N=CC=O)C3)C2=O)c(OC)c1. The van der Waals surface area contributed by atoms with Gasteiger partial charge in [-0.15, -0.1) is 0 Å². The van der Waals surface area contributed by atoms with E-state index in [-0.39, 0.29) is 17.4 Å². The molecule has 0 N–H and O–H groups in total. The van der Waals surface area contributed by atoms with Crippen LogP contribution in [0.3, 0.4) is 0 Å². The van der Waals surface area contributed by atoms with Crippen LogP contribution in [0.4, 0.5) is 0 Å². The van der Waals surface area contributed by atoms with Gasteiger partial charge in [-0.25, -0.2) is 0 Å². The Morgan fingerprint density at radius 1 is 1.31 bits per heavy atom. The van der Waals surface area contributed by atoms with Crippen molar-refractivity contribution in [1.82, 2.24) is 4.90 Å². The van der Waals surface area contributed by atoms with Gasteiger partial charge in [0.25, 0.3) is 0 Å². The topological polar surface area (TPSA) is 68.2 Å². The van der Waals surface area contributed by atoms with Gasteiger partial charge in [-0.3, -0.25) is 14.6 Å². The lowest BCUT2D eigenvalue weighted by Gasteiger charge is -2.35. The molecule has 1 saturated carbocycles. The molecule has 1 aromatic rings. The Bertz CT molecular complexity index is 703. The van der Waals surface area contributed by atoms with Crippen LogP contribution >= 0.6 is 0 Å². The number of carbonyl (C=O) groups excluding carboxylic acids is 2. The number of aliphatic imine (C=N–C) groups is 1. The van der Waals surface area contributed by atoms with E-state index >= 15 is 0 Å². The molecule has 1 heterocycles. The molecule has 1 saturated heterocycles. The fourth-order valence-corrected chi connectivity index (χ4v) is 4.27. The Morgan fingerprint density at radius 3 is 2.88 bits per heavy atom. The second-order valence-corrected chi connectivity index (χ2v) is 7.12. The van der Waals surface area contributed by atoms with E-state index in [4.69, 9.17) is 9.47 Å². The molecule has 0 unspecified atom stereocenters. The number of hydrogen-bond donors (Lipinski definition) is 0. The van der Waals surface area contributed by atoms with E-state index in [1.165, 1.54) is 6.21 Å². The maximum atomic E-state index is 13.2. The maximum absolute atomic E-state index is 13.2. The highest BCUT2D eigenvalue weighted by atomic mass is 16.5. The number of ether oxygens (including phenoxy) is 2. The molecule has 0 bridgehead atoms. The van der Waals surface area contributed by atoms with Gasteiger partial charge in [-0.2, -0.15) is 0 Å². The minimum Gasteiger partial charge on any atom is -0.497 e. The molecule has 6 heteroatoms. The molecule has 1 aliphatic heterocycles. The number of carbonyl (C=O) groups is 2. The van der Waals surface area contributed by atoms with E-state index < -0.39 is 0 Å². The number of likely N-dealkylation sites (tertiary alicyclic amines) is 1. The monoisotopic (exact) mass is 358 g/mol. The fourth-order valence-electron chi connectivity index (χ4n) is 4.27. The average Bonchev–Trinajstić information content (AvgIpc) is 2.96. The van der Waals surface area contributed by atoms with Gasteiger partial charge in [0.2, 0.25) is 5.91 Å². The van der Waals surface area contributed by atoms with Crippen molar-refractivity contribution in [3.8, 4) is 11.5 Å². The van der Waals surface area contributed by atoms with Gasteiger partial charge in [0.15, 0.2) is 6.29 Å². The Kier molecular flexibility index (Phi) is 5.59. The molecule has 0 radical (unpaired) electrons. The molecule has 6 nitrogen and oxygen atoms in total. The van der Waals surface area contributed by atoms with Crippen LogP contribution in [0.5, 0.6) is 11.5 Å². The Hall–Kier alpha value is -2.37. The van der Waals surface area contributed by atoms with E-state index in [2.05, 4.69) is 4.99 Å². The van der Waals surface area contributed by atoms with Gasteiger partial charge in [0.1, 0.15) is 11.5 Å². The summed E-state index contributed by atoms with van der Waals surface area (Å²) in [7, 11) is 3.25. The lowest BCUT2D eigenvalue weighted by molar-refractivity contribution is -0.138. The van der Waals surface area contributed by atoms with Crippen LogP contribution < -0.4 is 9.47 Å². The van der Waals surface area contributed by atoms with Crippen molar-refractivity contribution in [2.24, 2.45) is 10.4 Å². The highest BCUT2D eigenvalue weighted by Gasteiger charge is 2.49. The van der Waals surface area contributed by atoms with Crippen molar-refractivity contribution in [3.05, 3.63) is 23.8 Å². The van der Waals surface area contributed by atoms with Crippen LogP contribution in [0.2, 0.25) is 0 Å². The molecular weight excluding hydrogens is 332 g/mol. The number of nitrogens with zero attached hydrogens (tertiary/aromatic N) is 2. The second-order valence-electron chi connectivity index (χ2n) is 7.12. The number of benzene rings is 1. The number of hydrogen-bond acceptors (Lipinski definition) is 5. The Balaban J connectivity index is 1.73. The third kappa shape index (κ3) is 3.59. The van der Waals surface area contributed by atoms with Crippen LogP contribution in [-0.2, 0) is 16.1 Å². The van der Waals surface area contributed by atoms with Crippen molar-refractivity contribution >= 4 is 18.4 Å². The van der Waals surface area contributed by atoms with Gasteiger partial charge in [0.05, 0.1) is 31.9 Å². The summed E-state index contributed by atoms with van der Waals surface area (Å²) >= 11 is 0. The number of rotatable bonds is 6.